The van der Waals surface area contributed by atoms with Crippen LogP contribution in [0, 0.1) is 12.7 Å². The van der Waals surface area contributed by atoms with Crippen molar-refractivity contribution in [3.8, 4) is 5.69 Å². The van der Waals surface area contributed by atoms with Crippen molar-refractivity contribution in [3.63, 3.8) is 0 Å². The number of rotatable bonds is 2. The van der Waals surface area contributed by atoms with Crippen molar-refractivity contribution in [2.45, 2.75) is 13.3 Å². The predicted octanol–water partition coefficient (Wildman–Crippen LogP) is 4.45. The Morgan fingerprint density at radius 1 is 1.09 bits per heavy atom. The van der Waals surface area contributed by atoms with Crippen LogP contribution in [0.3, 0.4) is 0 Å². The van der Waals surface area contributed by atoms with Gasteiger partial charge in [-0.25, -0.2) is 4.39 Å². The standard InChI is InChI=1S/C20H19FN2/c1-14-2-7-18-19(15-8-10-22-11-9-15)13-23(20(18)12-14)17-5-3-16(21)4-6-17/h2-8,12-13,22H,9-11H2,1H3. The fraction of sp³-hybridized carbons (Fsp3) is 0.200. The lowest BCUT2D eigenvalue weighted by Crippen LogP contribution is -2.19. The first kappa shape index (κ1) is 14.2. The summed E-state index contributed by atoms with van der Waals surface area (Å²) < 4.78 is 15.4. The molecule has 2 aromatic carbocycles. The number of nitrogens with zero attached hydrogens (tertiary/aromatic N) is 1. The lowest BCUT2D eigenvalue weighted by Gasteiger charge is -2.13. The molecule has 1 N–H and O–H groups in total. The minimum atomic E-state index is -0.206. The summed E-state index contributed by atoms with van der Waals surface area (Å²) in [5.74, 6) is -0.206. The second-order valence-electron chi connectivity index (χ2n) is 6.09. The number of fused-ring (bicyclic) bond motifs is 1. The number of aryl methyl sites for hydroxylation is 1. The van der Waals surface area contributed by atoms with Gasteiger partial charge in [0.2, 0.25) is 0 Å². The van der Waals surface area contributed by atoms with Crippen molar-refractivity contribution in [1.29, 1.82) is 0 Å². The molecule has 0 aliphatic carbocycles. The van der Waals surface area contributed by atoms with Crippen LogP contribution in [-0.4, -0.2) is 17.7 Å². The summed E-state index contributed by atoms with van der Waals surface area (Å²) in [5, 5.41) is 4.62. The van der Waals surface area contributed by atoms with E-state index in [0.29, 0.717) is 0 Å². The molecule has 0 spiro atoms. The highest BCUT2D eigenvalue weighted by Crippen LogP contribution is 2.32. The Balaban J connectivity index is 1.95. The van der Waals surface area contributed by atoms with Gasteiger partial charge in [-0.1, -0.05) is 18.2 Å². The average molecular weight is 306 g/mol. The number of aromatic nitrogens is 1. The molecular formula is C20H19FN2. The molecule has 3 aromatic rings. The van der Waals surface area contributed by atoms with Crippen LogP contribution in [0.4, 0.5) is 4.39 Å². The molecule has 116 valence electrons. The Bertz CT molecular complexity index is 888. The van der Waals surface area contributed by atoms with E-state index in [0.717, 1.165) is 25.2 Å². The van der Waals surface area contributed by atoms with Crippen molar-refractivity contribution in [3.05, 3.63) is 71.7 Å². The maximum absolute atomic E-state index is 13.3. The average Bonchev–Trinajstić information content (AvgIpc) is 2.95. The van der Waals surface area contributed by atoms with Gasteiger partial charge in [-0.15, -0.1) is 0 Å². The van der Waals surface area contributed by atoms with Gasteiger partial charge in [0.1, 0.15) is 5.82 Å². The number of halogens is 1. The van der Waals surface area contributed by atoms with Gasteiger partial charge < -0.3 is 9.88 Å². The van der Waals surface area contributed by atoms with Gasteiger partial charge in [0.15, 0.2) is 0 Å². The van der Waals surface area contributed by atoms with E-state index in [4.69, 9.17) is 0 Å². The van der Waals surface area contributed by atoms with Crippen molar-refractivity contribution in [2.75, 3.05) is 13.1 Å². The van der Waals surface area contributed by atoms with Crippen LogP contribution in [0.5, 0.6) is 0 Å². The van der Waals surface area contributed by atoms with Crippen LogP contribution >= 0.6 is 0 Å². The van der Waals surface area contributed by atoms with Crippen LogP contribution in [0.1, 0.15) is 17.5 Å². The molecule has 0 atom stereocenters. The van der Waals surface area contributed by atoms with Crippen LogP contribution in [0.15, 0.2) is 54.7 Å². The largest absolute Gasteiger partial charge is 0.316 e. The maximum Gasteiger partial charge on any atom is 0.123 e. The summed E-state index contributed by atoms with van der Waals surface area (Å²) in [6.07, 6.45) is 5.50. The first-order chi connectivity index (χ1) is 11.2. The molecule has 0 amide bonds. The van der Waals surface area contributed by atoms with Crippen molar-refractivity contribution >= 4 is 16.5 Å². The monoisotopic (exact) mass is 306 g/mol. The van der Waals surface area contributed by atoms with E-state index >= 15 is 0 Å². The molecule has 0 radical (unpaired) electrons. The number of nitrogens with one attached hydrogen (secondary N) is 1. The highest BCUT2D eigenvalue weighted by atomic mass is 19.1. The molecule has 4 rings (SSSR count). The maximum atomic E-state index is 13.3. The number of hydrogen-bond donors (Lipinski definition) is 1. The van der Waals surface area contributed by atoms with E-state index in [1.165, 1.54) is 39.7 Å². The van der Waals surface area contributed by atoms with E-state index in [1.54, 1.807) is 0 Å². The predicted molar refractivity (Wildman–Crippen MR) is 93.4 cm³/mol. The molecule has 1 aliphatic rings. The molecule has 2 heterocycles. The van der Waals surface area contributed by atoms with E-state index in [1.807, 2.05) is 12.1 Å². The van der Waals surface area contributed by atoms with E-state index in [-0.39, 0.29) is 5.82 Å². The first-order valence-electron chi connectivity index (χ1n) is 8.00. The van der Waals surface area contributed by atoms with E-state index in [9.17, 15) is 4.39 Å². The van der Waals surface area contributed by atoms with Crippen molar-refractivity contribution in [1.82, 2.24) is 9.88 Å². The van der Waals surface area contributed by atoms with Gasteiger partial charge in [0, 0.05) is 29.4 Å². The van der Waals surface area contributed by atoms with Crippen LogP contribution < -0.4 is 5.32 Å². The van der Waals surface area contributed by atoms with Gasteiger partial charge in [-0.2, -0.15) is 0 Å². The third-order valence-electron chi connectivity index (χ3n) is 4.48. The zero-order chi connectivity index (χ0) is 15.8. The van der Waals surface area contributed by atoms with Crippen molar-refractivity contribution in [2.24, 2.45) is 0 Å². The fourth-order valence-corrected chi connectivity index (χ4v) is 3.28. The minimum Gasteiger partial charge on any atom is -0.316 e. The molecule has 0 bridgehead atoms. The summed E-state index contributed by atoms with van der Waals surface area (Å²) >= 11 is 0. The molecular weight excluding hydrogens is 287 g/mol. The third kappa shape index (κ3) is 2.57. The van der Waals surface area contributed by atoms with Crippen LogP contribution in [-0.2, 0) is 0 Å². The van der Waals surface area contributed by atoms with Crippen LogP contribution in [0.25, 0.3) is 22.2 Å². The van der Waals surface area contributed by atoms with Gasteiger partial charge in [-0.05, 0) is 61.4 Å². The Hall–Kier alpha value is -2.39. The van der Waals surface area contributed by atoms with Gasteiger partial charge in [0.05, 0.1) is 5.52 Å². The molecule has 0 fully saturated rings. The Kier molecular flexibility index (Phi) is 3.50. The minimum absolute atomic E-state index is 0.206. The smallest absolute Gasteiger partial charge is 0.123 e. The zero-order valence-electron chi connectivity index (χ0n) is 13.1. The quantitative estimate of drug-likeness (QED) is 0.740. The van der Waals surface area contributed by atoms with E-state index in [2.05, 4.69) is 47.3 Å². The Morgan fingerprint density at radius 3 is 2.65 bits per heavy atom. The summed E-state index contributed by atoms with van der Waals surface area (Å²) in [5.41, 5.74) is 6.06. The van der Waals surface area contributed by atoms with Crippen LogP contribution in [0.2, 0.25) is 0 Å². The van der Waals surface area contributed by atoms with Gasteiger partial charge in [-0.3, -0.25) is 0 Å². The molecule has 2 nitrogen and oxygen atoms in total. The molecule has 23 heavy (non-hydrogen) atoms. The second-order valence-corrected chi connectivity index (χ2v) is 6.09. The third-order valence-corrected chi connectivity index (χ3v) is 4.48. The fourth-order valence-electron chi connectivity index (χ4n) is 3.28. The summed E-state index contributed by atoms with van der Waals surface area (Å²) in [7, 11) is 0. The van der Waals surface area contributed by atoms with Crippen molar-refractivity contribution < 1.29 is 4.39 Å². The van der Waals surface area contributed by atoms with E-state index < -0.39 is 0 Å². The lowest BCUT2D eigenvalue weighted by molar-refractivity contribution is 0.627. The SMILES string of the molecule is Cc1ccc2c(C3=CCNCC3)cn(-c3ccc(F)cc3)c2c1. The molecule has 1 aliphatic heterocycles. The topological polar surface area (TPSA) is 17.0 Å². The summed E-state index contributed by atoms with van der Waals surface area (Å²) in [6, 6.07) is 13.2. The molecule has 0 unspecified atom stereocenters. The first-order valence-corrected chi connectivity index (χ1v) is 8.00. The molecule has 0 saturated heterocycles. The van der Waals surface area contributed by atoms with Gasteiger partial charge in [0.25, 0.3) is 0 Å². The molecule has 3 heteroatoms. The van der Waals surface area contributed by atoms with Gasteiger partial charge >= 0.3 is 0 Å². The molecule has 0 saturated carbocycles. The number of benzene rings is 2. The lowest BCUT2D eigenvalue weighted by atomic mass is 9.99. The highest BCUT2D eigenvalue weighted by Gasteiger charge is 2.14. The Morgan fingerprint density at radius 2 is 1.91 bits per heavy atom. The summed E-state index contributed by atoms with van der Waals surface area (Å²) in [4.78, 5) is 0. The molecule has 1 aromatic heterocycles. The normalized spacial score (nSPS) is 15.0. The zero-order valence-corrected chi connectivity index (χ0v) is 13.1. The second kappa shape index (κ2) is 5.67. The highest BCUT2D eigenvalue weighted by molar-refractivity contribution is 5.94. The summed E-state index contributed by atoms with van der Waals surface area (Å²) in [6.45, 7) is 4.04. The number of hydrogen-bond acceptors (Lipinski definition) is 1. The Labute approximate surface area is 135 Å².